The highest BCUT2D eigenvalue weighted by molar-refractivity contribution is 6.46. The Hall–Kier alpha value is -3.28. The molecular formula is C23H25NO5. The van der Waals surface area contributed by atoms with Gasteiger partial charge in [0.05, 0.1) is 18.2 Å². The van der Waals surface area contributed by atoms with Crippen LogP contribution in [0.5, 0.6) is 11.5 Å². The highest BCUT2D eigenvalue weighted by atomic mass is 16.5. The second kappa shape index (κ2) is 8.82. The number of ketones is 1. The summed E-state index contributed by atoms with van der Waals surface area (Å²) < 4.78 is 5.41. The zero-order valence-electron chi connectivity index (χ0n) is 16.6. The van der Waals surface area contributed by atoms with Crippen molar-refractivity contribution in [1.29, 1.82) is 0 Å². The number of amides is 1. The van der Waals surface area contributed by atoms with Gasteiger partial charge in [-0.3, -0.25) is 9.59 Å². The number of aliphatic hydroxyl groups excluding tert-OH is 1. The predicted molar refractivity (Wildman–Crippen MR) is 110 cm³/mol. The smallest absolute Gasteiger partial charge is 0.295 e. The van der Waals surface area contributed by atoms with Gasteiger partial charge in [-0.2, -0.15) is 0 Å². The average molecular weight is 395 g/mol. The van der Waals surface area contributed by atoms with E-state index >= 15 is 0 Å². The summed E-state index contributed by atoms with van der Waals surface area (Å²) in [5, 5.41) is 20.9. The molecule has 0 saturated carbocycles. The Morgan fingerprint density at radius 1 is 1.10 bits per heavy atom. The molecule has 152 valence electrons. The molecule has 2 aromatic carbocycles. The van der Waals surface area contributed by atoms with Crippen LogP contribution in [0.1, 0.15) is 43.9 Å². The van der Waals surface area contributed by atoms with E-state index < -0.39 is 17.7 Å². The summed E-state index contributed by atoms with van der Waals surface area (Å²) in [5.41, 5.74) is 1.03. The molecule has 2 N–H and O–H groups in total. The molecule has 1 aliphatic heterocycles. The molecule has 0 aromatic heterocycles. The molecule has 3 rings (SSSR count). The molecule has 6 nitrogen and oxygen atoms in total. The number of aromatic hydroxyl groups is 1. The Morgan fingerprint density at radius 3 is 2.45 bits per heavy atom. The number of aliphatic hydroxyl groups is 1. The van der Waals surface area contributed by atoms with Crippen molar-refractivity contribution in [2.24, 2.45) is 0 Å². The van der Waals surface area contributed by atoms with E-state index in [2.05, 4.69) is 0 Å². The Bertz CT molecular complexity index is 933. The van der Waals surface area contributed by atoms with Crippen molar-refractivity contribution in [3.05, 3.63) is 65.2 Å². The first-order valence-electron chi connectivity index (χ1n) is 9.78. The topological polar surface area (TPSA) is 87.1 Å². The fourth-order valence-corrected chi connectivity index (χ4v) is 3.51. The number of phenolic OH excluding ortho intramolecular Hbond substituents is 1. The third-order valence-corrected chi connectivity index (χ3v) is 4.92. The van der Waals surface area contributed by atoms with Gasteiger partial charge >= 0.3 is 0 Å². The molecule has 1 unspecified atom stereocenters. The maximum absolute atomic E-state index is 12.8. The van der Waals surface area contributed by atoms with Gasteiger partial charge in [-0.1, -0.05) is 25.5 Å². The molecule has 1 amide bonds. The van der Waals surface area contributed by atoms with Gasteiger partial charge in [0, 0.05) is 12.1 Å². The van der Waals surface area contributed by atoms with Gasteiger partial charge < -0.3 is 19.8 Å². The van der Waals surface area contributed by atoms with E-state index in [1.807, 2.05) is 13.8 Å². The number of hydrogen-bond acceptors (Lipinski definition) is 5. The average Bonchev–Trinajstić information content (AvgIpc) is 2.97. The van der Waals surface area contributed by atoms with Crippen molar-refractivity contribution in [3.63, 3.8) is 0 Å². The second-order valence-electron chi connectivity index (χ2n) is 6.90. The second-order valence-corrected chi connectivity index (χ2v) is 6.90. The number of benzene rings is 2. The number of rotatable bonds is 7. The zero-order valence-corrected chi connectivity index (χ0v) is 16.6. The first-order valence-corrected chi connectivity index (χ1v) is 9.78. The van der Waals surface area contributed by atoms with Gasteiger partial charge in [0.15, 0.2) is 0 Å². The normalized spacial score (nSPS) is 18.3. The number of unbranched alkanes of at least 4 members (excludes halogenated alkanes) is 1. The van der Waals surface area contributed by atoms with E-state index in [9.17, 15) is 19.8 Å². The van der Waals surface area contributed by atoms with Crippen LogP contribution in [0.2, 0.25) is 0 Å². The van der Waals surface area contributed by atoms with Crippen LogP contribution < -0.4 is 4.74 Å². The molecule has 1 heterocycles. The zero-order chi connectivity index (χ0) is 21.0. The highest BCUT2D eigenvalue weighted by Gasteiger charge is 2.45. The molecule has 0 aliphatic carbocycles. The third-order valence-electron chi connectivity index (χ3n) is 4.92. The van der Waals surface area contributed by atoms with Crippen LogP contribution in [0.3, 0.4) is 0 Å². The maximum atomic E-state index is 12.8. The lowest BCUT2D eigenvalue weighted by atomic mass is 9.95. The van der Waals surface area contributed by atoms with Gasteiger partial charge in [0.2, 0.25) is 0 Å². The first kappa shape index (κ1) is 20.5. The van der Waals surface area contributed by atoms with Gasteiger partial charge in [-0.05, 0) is 55.3 Å². The van der Waals surface area contributed by atoms with Crippen molar-refractivity contribution in [2.45, 2.75) is 32.7 Å². The summed E-state index contributed by atoms with van der Waals surface area (Å²) >= 11 is 0. The molecule has 1 saturated heterocycles. The number of hydrogen-bond donors (Lipinski definition) is 2. The number of nitrogens with zero attached hydrogens (tertiary/aromatic N) is 1. The number of Topliss-reactive ketones (excluding diaryl/α,β-unsaturated/α-hetero) is 1. The fourth-order valence-electron chi connectivity index (χ4n) is 3.51. The first-order chi connectivity index (χ1) is 14.0. The number of phenols is 1. The monoisotopic (exact) mass is 395 g/mol. The van der Waals surface area contributed by atoms with Crippen LogP contribution in [-0.2, 0) is 9.59 Å². The summed E-state index contributed by atoms with van der Waals surface area (Å²) in [6.07, 6.45) is 1.58. The molecule has 0 radical (unpaired) electrons. The van der Waals surface area contributed by atoms with E-state index in [-0.39, 0.29) is 17.1 Å². The van der Waals surface area contributed by atoms with Gasteiger partial charge in [-0.25, -0.2) is 0 Å². The van der Waals surface area contributed by atoms with Crippen LogP contribution in [-0.4, -0.2) is 40.0 Å². The number of carbonyl (C=O) groups excluding carboxylic acids is 2. The van der Waals surface area contributed by atoms with Gasteiger partial charge in [-0.15, -0.1) is 0 Å². The minimum absolute atomic E-state index is 0.0286. The molecule has 0 bridgehead atoms. The van der Waals surface area contributed by atoms with Crippen molar-refractivity contribution < 1.29 is 24.5 Å². The lowest BCUT2D eigenvalue weighted by molar-refractivity contribution is -0.139. The highest BCUT2D eigenvalue weighted by Crippen LogP contribution is 2.40. The molecule has 2 aromatic rings. The number of carbonyl (C=O) groups is 2. The Labute approximate surface area is 170 Å². The summed E-state index contributed by atoms with van der Waals surface area (Å²) in [6.45, 7) is 4.79. The predicted octanol–water partition coefficient (Wildman–Crippen LogP) is 4.01. The molecule has 0 spiro atoms. The molecular weight excluding hydrogens is 370 g/mol. The van der Waals surface area contributed by atoms with Gasteiger partial charge in [0.1, 0.15) is 17.3 Å². The third kappa shape index (κ3) is 4.11. The Balaban J connectivity index is 2.10. The number of likely N-dealkylation sites (tertiary alicyclic amines) is 1. The minimum Gasteiger partial charge on any atom is -0.508 e. The molecule has 6 heteroatoms. The van der Waals surface area contributed by atoms with Crippen LogP contribution >= 0.6 is 0 Å². The Morgan fingerprint density at radius 2 is 1.83 bits per heavy atom. The molecule has 1 fully saturated rings. The van der Waals surface area contributed by atoms with E-state index in [4.69, 9.17) is 4.74 Å². The molecule has 29 heavy (non-hydrogen) atoms. The van der Waals surface area contributed by atoms with E-state index in [1.165, 1.54) is 17.0 Å². The Kier molecular flexibility index (Phi) is 6.22. The SMILES string of the molecule is CCCCN1C(=O)C(=O)/C(=C(\O)c2ccc(OCC)cc2)C1c1cccc(O)c1. The maximum Gasteiger partial charge on any atom is 0.295 e. The molecule has 1 aliphatic rings. The fraction of sp³-hybridized carbons (Fsp3) is 0.304. The van der Waals surface area contributed by atoms with Crippen molar-refractivity contribution in [2.75, 3.05) is 13.2 Å². The largest absolute Gasteiger partial charge is 0.508 e. The van der Waals surface area contributed by atoms with E-state index in [1.54, 1.807) is 36.4 Å². The number of ether oxygens (including phenoxy) is 1. The van der Waals surface area contributed by atoms with Crippen molar-refractivity contribution in [3.8, 4) is 11.5 Å². The lowest BCUT2D eigenvalue weighted by Gasteiger charge is -2.25. The molecule has 1 atom stereocenters. The van der Waals surface area contributed by atoms with Gasteiger partial charge in [0.25, 0.3) is 11.7 Å². The van der Waals surface area contributed by atoms with Crippen LogP contribution in [0.25, 0.3) is 5.76 Å². The quantitative estimate of drug-likeness (QED) is 0.420. The van der Waals surface area contributed by atoms with Crippen LogP contribution in [0, 0.1) is 0 Å². The van der Waals surface area contributed by atoms with Crippen molar-refractivity contribution in [1.82, 2.24) is 4.90 Å². The van der Waals surface area contributed by atoms with Crippen LogP contribution in [0.4, 0.5) is 0 Å². The van der Waals surface area contributed by atoms with Crippen LogP contribution in [0.15, 0.2) is 54.1 Å². The van der Waals surface area contributed by atoms with Crippen molar-refractivity contribution >= 4 is 17.4 Å². The van der Waals surface area contributed by atoms with E-state index in [0.717, 1.165) is 12.8 Å². The lowest BCUT2D eigenvalue weighted by Crippen LogP contribution is -2.30. The summed E-state index contributed by atoms with van der Waals surface area (Å²) in [6, 6.07) is 12.4. The summed E-state index contributed by atoms with van der Waals surface area (Å²) in [5.74, 6) is -0.916. The van der Waals surface area contributed by atoms with E-state index in [0.29, 0.717) is 30.0 Å². The standard InChI is InChI=1S/C23H25NO5/c1-3-5-13-24-20(16-7-6-8-17(25)14-16)19(22(27)23(24)28)21(26)15-9-11-18(12-10-15)29-4-2/h6-12,14,20,25-26H,3-5,13H2,1-2H3/b21-19-. The summed E-state index contributed by atoms with van der Waals surface area (Å²) in [4.78, 5) is 27.0. The summed E-state index contributed by atoms with van der Waals surface area (Å²) in [7, 11) is 0. The minimum atomic E-state index is -0.750.